The molecule has 3 aromatic rings. The van der Waals surface area contributed by atoms with Gasteiger partial charge in [-0.2, -0.15) is 0 Å². The van der Waals surface area contributed by atoms with Crippen molar-refractivity contribution in [1.29, 1.82) is 0 Å². The zero-order valence-corrected chi connectivity index (χ0v) is 13.7. The van der Waals surface area contributed by atoms with Crippen molar-refractivity contribution in [3.63, 3.8) is 0 Å². The standard InChI is InChI=1S/C18H16N4O4/c23-17(20-8-6-15-10-16(22-26-15)18(24)21-25)13-4-1-3-12(9-13)14-5-2-7-19-11-14/h1-5,7,9-11,25H,6,8H2,(H,20,23)(H,21,24). The van der Waals surface area contributed by atoms with Crippen LogP contribution in [0, 0.1) is 0 Å². The average molecular weight is 352 g/mol. The number of nitrogens with one attached hydrogen (secondary N) is 2. The summed E-state index contributed by atoms with van der Waals surface area (Å²) in [5.74, 6) is -0.548. The van der Waals surface area contributed by atoms with Gasteiger partial charge >= 0.3 is 0 Å². The van der Waals surface area contributed by atoms with Crippen molar-refractivity contribution in [1.82, 2.24) is 20.9 Å². The molecule has 3 N–H and O–H groups in total. The summed E-state index contributed by atoms with van der Waals surface area (Å²) in [7, 11) is 0. The van der Waals surface area contributed by atoms with Crippen molar-refractivity contribution in [3.8, 4) is 11.1 Å². The fourth-order valence-electron chi connectivity index (χ4n) is 2.37. The molecule has 0 bridgehead atoms. The lowest BCUT2D eigenvalue weighted by Gasteiger charge is -2.06. The SMILES string of the molecule is O=C(NCCc1cc(C(=O)NO)no1)c1cccc(-c2cccnc2)c1. The Morgan fingerprint density at radius 2 is 1.92 bits per heavy atom. The van der Waals surface area contributed by atoms with Gasteiger partial charge in [-0.25, -0.2) is 5.48 Å². The minimum Gasteiger partial charge on any atom is -0.361 e. The molecule has 0 spiro atoms. The van der Waals surface area contributed by atoms with Crippen LogP contribution in [0.5, 0.6) is 0 Å². The number of carbonyl (C=O) groups excluding carboxylic acids is 2. The van der Waals surface area contributed by atoms with Crippen LogP contribution in [0.2, 0.25) is 0 Å². The molecular weight excluding hydrogens is 336 g/mol. The Kier molecular flexibility index (Phi) is 5.35. The van der Waals surface area contributed by atoms with E-state index in [1.807, 2.05) is 24.3 Å². The van der Waals surface area contributed by atoms with Crippen molar-refractivity contribution in [2.75, 3.05) is 6.54 Å². The highest BCUT2D eigenvalue weighted by Gasteiger charge is 2.12. The number of hydroxylamine groups is 1. The Labute approximate surface area is 148 Å². The van der Waals surface area contributed by atoms with Gasteiger partial charge in [0.25, 0.3) is 11.8 Å². The Balaban J connectivity index is 1.59. The third-order valence-corrected chi connectivity index (χ3v) is 3.67. The average Bonchev–Trinajstić information content (AvgIpc) is 3.17. The fraction of sp³-hybridized carbons (Fsp3) is 0.111. The molecule has 0 unspecified atom stereocenters. The molecule has 2 aromatic heterocycles. The highest BCUT2D eigenvalue weighted by molar-refractivity contribution is 5.95. The van der Waals surface area contributed by atoms with E-state index in [0.717, 1.165) is 11.1 Å². The molecule has 0 fully saturated rings. The predicted octanol–water partition coefficient (Wildman–Crippen LogP) is 1.83. The van der Waals surface area contributed by atoms with Gasteiger partial charge in [0.2, 0.25) is 0 Å². The minimum absolute atomic E-state index is 0.0296. The highest BCUT2D eigenvalue weighted by Crippen LogP contribution is 2.19. The fourth-order valence-corrected chi connectivity index (χ4v) is 2.37. The van der Waals surface area contributed by atoms with Gasteiger partial charge in [0.15, 0.2) is 5.69 Å². The topological polar surface area (TPSA) is 117 Å². The normalized spacial score (nSPS) is 10.3. The number of hydrogen-bond acceptors (Lipinski definition) is 6. The van der Waals surface area contributed by atoms with E-state index in [9.17, 15) is 9.59 Å². The van der Waals surface area contributed by atoms with Crippen LogP contribution in [-0.2, 0) is 6.42 Å². The second-order valence-corrected chi connectivity index (χ2v) is 5.45. The first kappa shape index (κ1) is 17.3. The smallest absolute Gasteiger partial charge is 0.296 e. The van der Waals surface area contributed by atoms with E-state index in [0.29, 0.717) is 24.3 Å². The van der Waals surface area contributed by atoms with Crippen LogP contribution in [0.25, 0.3) is 11.1 Å². The molecule has 0 saturated heterocycles. The van der Waals surface area contributed by atoms with Crippen molar-refractivity contribution in [3.05, 3.63) is 71.9 Å². The predicted molar refractivity (Wildman–Crippen MR) is 91.5 cm³/mol. The summed E-state index contributed by atoms with van der Waals surface area (Å²) >= 11 is 0. The second-order valence-electron chi connectivity index (χ2n) is 5.45. The molecule has 0 atom stereocenters. The summed E-state index contributed by atoms with van der Waals surface area (Å²) in [5.41, 5.74) is 3.81. The van der Waals surface area contributed by atoms with Crippen LogP contribution >= 0.6 is 0 Å². The first-order chi connectivity index (χ1) is 12.7. The zero-order valence-electron chi connectivity index (χ0n) is 13.7. The number of benzene rings is 1. The Morgan fingerprint density at radius 1 is 1.08 bits per heavy atom. The van der Waals surface area contributed by atoms with Crippen molar-refractivity contribution < 1.29 is 19.3 Å². The van der Waals surface area contributed by atoms with Gasteiger partial charge in [0, 0.05) is 42.6 Å². The number of amides is 2. The molecule has 0 aliphatic carbocycles. The van der Waals surface area contributed by atoms with E-state index in [1.54, 1.807) is 24.5 Å². The number of hydrogen-bond donors (Lipinski definition) is 3. The maximum atomic E-state index is 12.3. The number of pyridine rings is 1. The molecule has 8 heteroatoms. The molecule has 3 rings (SSSR count). The van der Waals surface area contributed by atoms with Crippen LogP contribution in [-0.4, -0.2) is 33.7 Å². The summed E-state index contributed by atoms with van der Waals surface area (Å²) < 4.78 is 4.97. The van der Waals surface area contributed by atoms with E-state index in [1.165, 1.54) is 11.5 Å². The van der Waals surface area contributed by atoms with Gasteiger partial charge in [0.1, 0.15) is 5.76 Å². The molecule has 0 aliphatic rings. The van der Waals surface area contributed by atoms with Crippen molar-refractivity contribution in [2.24, 2.45) is 0 Å². The third kappa shape index (κ3) is 4.11. The molecular formula is C18H16N4O4. The van der Waals surface area contributed by atoms with Crippen LogP contribution < -0.4 is 10.8 Å². The number of carbonyl (C=O) groups is 2. The van der Waals surface area contributed by atoms with Crippen LogP contribution in [0.3, 0.4) is 0 Å². The Bertz CT molecular complexity index is 908. The van der Waals surface area contributed by atoms with Gasteiger partial charge in [-0.3, -0.25) is 19.8 Å². The molecule has 2 amide bonds. The third-order valence-electron chi connectivity index (χ3n) is 3.67. The summed E-state index contributed by atoms with van der Waals surface area (Å²) in [6, 6.07) is 12.4. The molecule has 0 saturated carbocycles. The highest BCUT2D eigenvalue weighted by atomic mass is 16.5. The molecule has 0 radical (unpaired) electrons. The first-order valence-corrected chi connectivity index (χ1v) is 7.86. The van der Waals surface area contributed by atoms with Crippen LogP contribution in [0.4, 0.5) is 0 Å². The lowest BCUT2D eigenvalue weighted by molar-refractivity contribution is 0.0696. The molecule has 26 heavy (non-hydrogen) atoms. The van der Waals surface area contributed by atoms with Crippen LogP contribution in [0.1, 0.15) is 26.6 Å². The van der Waals surface area contributed by atoms with E-state index >= 15 is 0 Å². The largest absolute Gasteiger partial charge is 0.361 e. The second kappa shape index (κ2) is 8.04. The summed E-state index contributed by atoms with van der Waals surface area (Å²) in [6.07, 6.45) is 3.79. The molecule has 132 valence electrons. The van der Waals surface area contributed by atoms with Gasteiger partial charge < -0.3 is 9.84 Å². The van der Waals surface area contributed by atoms with Crippen molar-refractivity contribution >= 4 is 11.8 Å². The van der Waals surface area contributed by atoms with Gasteiger partial charge in [-0.1, -0.05) is 23.4 Å². The van der Waals surface area contributed by atoms with Gasteiger partial charge in [-0.05, 0) is 23.8 Å². The van der Waals surface area contributed by atoms with E-state index in [4.69, 9.17) is 9.73 Å². The van der Waals surface area contributed by atoms with E-state index < -0.39 is 5.91 Å². The van der Waals surface area contributed by atoms with Gasteiger partial charge in [-0.15, -0.1) is 0 Å². The zero-order chi connectivity index (χ0) is 18.4. The Hall–Kier alpha value is -3.52. The monoisotopic (exact) mass is 352 g/mol. The lowest BCUT2D eigenvalue weighted by Crippen LogP contribution is -2.25. The van der Waals surface area contributed by atoms with Gasteiger partial charge in [0.05, 0.1) is 0 Å². The van der Waals surface area contributed by atoms with Crippen molar-refractivity contribution in [2.45, 2.75) is 6.42 Å². The van der Waals surface area contributed by atoms with E-state index in [-0.39, 0.29) is 11.6 Å². The molecule has 1 aromatic carbocycles. The maximum Gasteiger partial charge on any atom is 0.296 e. The molecule has 2 heterocycles. The van der Waals surface area contributed by atoms with Crippen LogP contribution in [0.15, 0.2) is 59.4 Å². The first-order valence-electron chi connectivity index (χ1n) is 7.86. The number of rotatable bonds is 6. The summed E-state index contributed by atoms with van der Waals surface area (Å²) in [5, 5.41) is 14.8. The summed E-state index contributed by atoms with van der Waals surface area (Å²) in [4.78, 5) is 27.6. The Morgan fingerprint density at radius 3 is 2.69 bits per heavy atom. The molecule has 8 nitrogen and oxygen atoms in total. The molecule has 0 aliphatic heterocycles. The maximum absolute atomic E-state index is 12.3. The minimum atomic E-state index is -0.753. The number of aromatic nitrogens is 2. The van der Waals surface area contributed by atoms with E-state index in [2.05, 4.69) is 15.5 Å². The lowest BCUT2D eigenvalue weighted by atomic mass is 10.0. The quantitative estimate of drug-likeness (QED) is 0.460. The summed E-state index contributed by atoms with van der Waals surface area (Å²) in [6.45, 7) is 0.311. The number of nitrogens with zero attached hydrogens (tertiary/aromatic N) is 2.